The molecule has 2 aromatic rings. The molecule has 3 rings (SSSR count). The molecule has 0 aromatic heterocycles. The summed E-state index contributed by atoms with van der Waals surface area (Å²) >= 11 is 3.45. The van der Waals surface area contributed by atoms with E-state index in [0.717, 1.165) is 15.6 Å². The first kappa shape index (κ1) is 19.5. The molecular formula is C21H23BrO5. The zero-order valence-electron chi connectivity index (χ0n) is 16.0. The molecule has 144 valence electrons. The third kappa shape index (κ3) is 2.96. The van der Waals surface area contributed by atoms with E-state index in [1.807, 2.05) is 43.3 Å². The summed E-state index contributed by atoms with van der Waals surface area (Å²) in [4.78, 5) is 13.0. The van der Waals surface area contributed by atoms with E-state index in [1.165, 1.54) is 7.11 Å². The Bertz CT molecular complexity index is 823. The van der Waals surface area contributed by atoms with Gasteiger partial charge in [0.15, 0.2) is 0 Å². The summed E-state index contributed by atoms with van der Waals surface area (Å²) in [7, 11) is 6.22. The van der Waals surface area contributed by atoms with Gasteiger partial charge in [-0.25, -0.2) is 0 Å². The van der Waals surface area contributed by atoms with Crippen LogP contribution in [-0.4, -0.2) is 34.4 Å². The number of carbonyl (C=O) groups excluding carboxylic acids is 1. The van der Waals surface area contributed by atoms with E-state index in [2.05, 4.69) is 15.9 Å². The number of hydrogen-bond acceptors (Lipinski definition) is 5. The molecule has 1 fully saturated rings. The van der Waals surface area contributed by atoms with Gasteiger partial charge in [-0.15, -0.1) is 0 Å². The Morgan fingerprint density at radius 3 is 1.96 bits per heavy atom. The van der Waals surface area contributed by atoms with Crippen LogP contribution in [-0.2, 0) is 14.9 Å². The van der Waals surface area contributed by atoms with Crippen LogP contribution in [0.25, 0.3) is 0 Å². The average Bonchev–Trinajstić information content (AvgIpc) is 3.31. The zero-order chi connectivity index (χ0) is 19.8. The molecule has 0 amide bonds. The highest BCUT2D eigenvalue weighted by Crippen LogP contribution is 2.69. The maximum atomic E-state index is 13.0. The number of hydrogen-bond donors (Lipinski definition) is 0. The van der Waals surface area contributed by atoms with Gasteiger partial charge in [-0.2, -0.15) is 0 Å². The maximum absolute atomic E-state index is 13.0. The molecule has 0 saturated heterocycles. The van der Waals surface area contributed by atoms with Crippen LogP contribution in [0.1, 0.15) is 24.0 Å². The van der Waals surface area contributed by atoms with E-state index in [0.29, 0.717) is 17.2 Å². The van der Waals surface area contributed by atoms with Crippen molar-refractivity contribution in [2.24, 2.45) is 5.92 Å². The number of esters is 1. The minimum absolute atomic E-state index is 0.0160. The van der Waals surface area contributed by atoms with Crippen LogP contribution in [0.15, 0.2) is 40.9 Å². The summed E-state index contributed by atoms with van der Waals surface area (Å²) < 4.78 is 22.8. The lowest BCUT2D eigenvalue weighted by Gasteiger charge is -2.19. The van der Waals surface area contributed by atoms with Crippen molar-refractivity contribution in [1.82, 2.24) is 0 Å². The Hall–Kier alpha value is -2.21. The van der Waals surface area contributed by atoms with E-state index in [4.69, 9.17) is 18.9 Å². The van der Waals surface area contributed by atoms with Crippen LogP contribution in [0, 0.1) is 5.92 Å². The van der Waals surface area contributed by atoms with Crippen molar-refractivity contribution in [2.45, 2.75) is 18.3 Å². The van der Waals surface area contributed by atoms with Crippen LogP contribution in [0.3, 0.4) is 0 Å². The zero-order valence-corrected chi connectivity index (χ0v) is 17.6. The summed E-state index contributed by atoms with van der Waals surface area (Å²) in [6.45, 7) is 2.05. The standard InChI is InChI=1S/C21H23BrO5/c1-12-19(18-16(25-3)10-15(24-2)11-17(18)26-4)21(12,20(23)27-5)13-6-8-14(22)9-7-13/h6-12,19H,1-5H3/t12-,19+,21+/m0/s1. The molecule has 0 N–H and O–H groups in total. The number of halogens is 1. The van der Waals surface area contributed by atoms with E-state index in [1.54, 1.807) is 21.3 Å². The highest BCUT2D eigenvalue weighted by molar-refractivity contribution is 9.10. The number of ether oxygens (including phenoxy) is 4. The highest BCUT2D eigenvalue weighted by Gasteiger charge is 2.70. The van der Waals surface area contributed by atoms with Gasteiger partial charge < -0.3 is 18.9 Å². The van der Waals surface area contributed by atoms with Crippen LogP contribution in [0.2, 0.25) is 0 Å². The summed E-state index contributed by atoms with van der Waals surface area (Å²) in [6, 6.07) is 11.4. The van der Waals surface area contributed by atoms with Crippen LogP contribution >= 0.6 is 15.9 Å². The topological polar surface area (TPSA) is 54.0 Å². The maximum Gasteiger partial charge on any atom is 0.317 e. The molecule has 2 aromatic carbocycles. The predicted molar refractivity (Wildman–Crippen MR) is 106 cm³/mol. The second kappa shape index (κ2) is 7.43. The molecule has 1 aliphatic carbocycles. The molecular weight excluding hydrogens is 412 g/mol. The van der Waals surface area contributed by atoms with Gasteiger partial charge in [-0.3, -0.25) is 4.79 Å². The Balaban J connectivity index is 2.20. The first-order valence-electron chi connectivity index (χ1n) is 8.60. The van der Waals surface area contributed by atoms with Crippen molar-refractivity contribution in [3.05, 3.63) is 52.0 Å². The molecule has 0 heterocycles. The van der Waals surface area contributed by atoms with Crippen molar-refractivity contribution in [2.75, 3.05) is 28.4 Å². The lowest BCUT2D eigenvalue weighted by atomic mass is 9.89. The van der Waals surface area contributed by atoms with Gasteiger partial charge >= 0.3 is 5.97 Å². The summed E-state index contributed by atoms with van der Waals surface area (Å²) in [5.41, 5.74) is 0.974. The van der Waals surface area contributed by atoms with E-state index in [-0.39, 0.29) is 17.8 Å². The third-order valence-corrected chi connectivity index (χ3v) is 6.04. The molecule has 1 aliphatic rings. The Kier molecular flexibility index (Phi) is 5.38. The SMILES string of the molecule is COC(=O)[C@@]1(c2ccc(Br)cc2)[C@@H](C)[C@@H]1c1c(OC)cc(OC)cc1OC. The first-order valence-corrected chi connectivity index (χ1v) is 9.39. The van der Waals surface area contributed by atoms with Crippen LogP contribution in [0.4, 0.5) is 0 Å². The van der Waals surface area contributed by atoms with Crippen molar-refractivity contribution < 1.29 is 23.7 Å². The van der Waals surface area contributed by atoms with Crippen molar-refractivity contribution in [3.63, 3.8) is 0 Å². The Morgan fingerprint density at radius 1 is 0.963 bits per heavy atom. The number of benzene rings is 2. The van der Waals surface area contributed by atoms with Crippen molar-refractivity contribution >= 4 is 21.9 Å². The Morgan fingerprint density at radius 2 is 1.52 bits per heavy atom. The quantitative estimate of drug-likeness (QED) is 0.633. The molecule has 0 radical (unpaired) electrons. The van der Waals surface area contributed by atoms with E-state index in [9.17, 15) is 4.79 Å². The summed E-state index contributed by atoms with van der Waals surface area (Å²) in [5.74, 6) is 1.51. The summed E-state index contributed by atoms with van der Waals surface area (Å²) in [6.07, 6.45) is 0. The van der Waals surface area contributed by atoms with Gasteiger partial charge in [-0.1, -0.05) is 35.0 Å². The average molecular weight is 435 g/mol. The van der Waals surface area contributed by atoms with Gasteiger partial charge in [-0.05, 0) is 23.6 Å². The lowest BCUT2D eigenvalue weighted by molar-refractivity contribution is -0.144. The smallest absolute Gasteiger partial charge is 0.317 e. The molecule has 3 atom stereocenters. The molecule has 0 aliphatic heterocycles. The van der Waals surface area contributed by atoms with Crippen molar-refractivity contribution in [1.29, 1.82) is 0 Å². The third-order valence-electron chi connectivity index (χ3n) is 5.51. The second-order valence-electron chi connectivity index (χ2n) is 6.58. The van der Waals surface area contributed by atoms with Crippen LogP contribution < -0.4 is 14.2 Å². The summed E-state index contributed by atoms with van der Waals surface area (Å²) in [5, 5.41) is 0. The van der Waals surface area contributed by atoms with Gasteiger partial charge in [0.1, 0.15) is 22.7 Å². The molecule has 0 bridgehead atoms. The van der Waals surface area contributed by atoms with Crippen LogP contribution in [0.5, 0.6) is 17.2 Å². The molecule has 5 nitrogen and oxygen atoms in total. The fraction of sp³-hybridized carbons (Fsp3) is 0.381. The van der Waals surface area contributed by atoms with E-state index < -0.39 is 5.41 Å². The van der Waals surface area contributed by atoms with Gasteiger partial charge in [0, 0.05) is 28.1 Å². The van der Waals surface area contributed by atoms with Crippen molar-refractivity contribution in [3.8, 4) is 17.2 Å². The number of methoxy groups -OCH3 is 4. The predicted octanol–water partition coefficient (Wildman–Crippen LogP) is 4.32. The molecule has 0 unspecified atom stereocenters. The van der Waals surface area contributed by atoms with E-state index >= 15 is 0 Å². The largest absolute Gasteiger partial charge is 0.496 e. The highest BCUT2D eigenvalue weighted by atomic mass is 79.9. The fourth-order valence-electron chi connectivity index (χ4n) is 4.15. The molecule has 6 heteroatoms. The van der Waals surface area contributed by atoms with Gasteiger partial charge in [0.25, 0.3) is 0 Å². The normalized spacial score (nSPS) is 23.5. The molecule has 1 saturated carbocycles. The minimum atomic E-state index is -0.787. The minimum Gasteiger partial charge on any atom is -0.496 e. The fourth-order valence-corrected chi connectivity index (χ4v) is 4.41. The lowest BCUT2D eigenvalue weighted by Crippen LogP contribution is -2.25. The second-order valence-corrected chi connectivity index (χ2v) is 7.50. The number of carbonyl (C=O) groups is 1. The first-order chi connectivity index (χ1) is 12.9. The molecule has 27 heavy (non-hydrogen) atoms. The van der Waals surface area contributed by atoms with Gasteiger partial charge in [0.05, 0.1) is 28.4 Å². The number of rotatable bonds is 6. The Labute approximate surface area is 167 Å². The van der Waals surface area contributed by atoms with Gasteiger partial charge in [0.2, 0.25) is 0 Å². The monoisotopic (exact) mass is 434 g/mol. The molecule has 0 spiro atoms.